The average molecular weight is 447 g/mol. The normalized spacial score (nSPS) is 18.9. The molecule has 9 heteroatoms. The highest BCUT2D eigenvalue weighted by molar-refractivity contribution is 7.89. The second-order valence-electron chi connectivity index (χ2n) is 7.54. The lowest BCUT2D eigenvalue weighted by Gasteiger charge is -2.31. The van der Waals surface area contributed by atoms with Crippen molar-refractivity contribution in [3.8, 4) is 17.2 Å². The number of carbonyl (C=O) groups is 1. The molecule has 4 rings (SSSR count). The maximum absolute atomic E-state index is 13.0. The van der Waals surface area contributed by atoms with E-state index in [4.69, 9.17) is 14.2 Å². The lowest BCUT2D eigenvalue weighted by molar-refractivity contribution is -0.126. The van der Waals surface area contributed by atoms with Gasteiger partial charge in [-0.1, -0.05) is 12.1 Å². The Balaban J connectivity index is 1.40. The minimum atomic E-state index is -3.67. The van der Waals surface area contributed by atoms with E-state index >= 15 is 0 Å². The van der Waals surface area contributed by atoms with Gasteiger partial charge in [0.05, 0.1) is 17.9 Å². The van der Waals surface area contributed by atoms with Crippen molar-refractivity contribution in [2.45, 2.75) is 24.3 Å². The van der Waals surface area contributed by atoms with Gasteiger partial charge in [-0.25, -0.2) is 8.42 Å². The van der Waals surface area contributed by atoms with Crippen LogP contribution in [0.1, 0.15) is 18.4 Å². The number of carbonyl (C=O) groups excluding carboxylic acids is 1. The van der Waals surface area contributed by atoms with Crippen molar-refractivity contribution in [3.63, 3.8) is 0 Å². The van der Waals surface area contributed by atoms with Crippen molar-refractivity contribution in [2.75, 3.05) is 33.4 Å². The second kappa shape index (κ2) is 9.15. The summed E-state index contributed by atoms with van der Waals surface area (Å²) in [6, 6.07) is 11.9. The zero-order valence-electron chi connectivity index (χ0n) is 17.4. The number of nitrogens with zero attached hydrogens (tertiary/aromatic N) is 1. The molecule has 2 aliphatic heterocycles. The molecule has 1 saturated heterocycles. The van der Waals surface area contributed by atoms with Gasteiger partial charge in [-0.3, -0.25) is 4.79 Å². The minimum absolute atomic E-state index is 0.159. The summed E-state index contributed by atoms with van der Waals surface area (Å²) in [7, 11) is -2.14. The number of benzene rings is 2. The van der Waals surface area contributed by atoms with Crippen LogP contribution >= 0.6 is 0 Å². The van der Waals surface area contributed by atoms with Gasteiger partial charge in [0.15, 0.2) is 11.5 Å². The quantitative estimate of drug-likeness (QED) is 0.731. The van der Waals surface area contributed by atoms with Crippen molar-refractivity contribution >= 4 is 15.9 Å². The molecule has 1 fully saturated rings. The van der Waals surface area contributed by atoms with Crippen molar-refractivity contribution in [1.82, 2.24) is 9.62 Å². The Kier molecular flexibility index (Phi) is 6.33. The molecule has 2 aliphatic rings. The molecule has 1 amide bonds. The molecular formula is C22H26N2O6S. The first-order chi connectivity index (χ1) is 15.0. The second-order valence-corrected chi connectivity index (χ2v) is 9.47. The molecule has 1 unspecified atom stereocenters. The first kappa shape index (κ1) is 21.5. The molecule has 0 radical (unpaired) electrons. The number of piperidine rings is 1. The van der Waals surface area contributed by atoms with Crippen LogP contribution < -0.4 is 19.5 Å². The average Bonchev–Trinajstić information content (AvgIpc) is 2.82. The lowest BCUT2D eigenvalue weighted by Crippen LogP contribution is -2.45. The van der Waals surface area contributed by atoms with Crippen LogP contribution in [0.5, 0.6) is 17.2 Å². The summed E-state index contributed by atoms with van der Waals surface area (Å²) in [6.45, 7) is 1.83. The molecule has 0 spiro atoms. The van der Waals surface area contributed by atoms with Crippen LogP contribution in [-0.2, 0) is 21.4 Å². The van der Waals surface area contributed by atoms with E-state index < -0.39 is 15.9 Å². The molecule has 166 valence electrons. The topological polar surface area (TPSA) is 94.2 Å². The van der Waals surface area contributed by atoms with E-state index in [1.165, 1.54) is 23.5 Å². The number of methoxy groups -OCH3 is 1. The molecule has 0 bridgehead atoms. The molecule has 2 aromatic rings. The third-order valence-electron chi connectivity index (χ3n) is 5.55. The Morgan fingerprint density at radius 1 is 1.16 bits per heavy atom. The van der Waals surface area contributed by atoms with E-state index in [1.807, 2.05) is 18.2 Å². The fraction of sp³-hybridized carbons (Fsp3) is 0.409. The highest BCUT2D eigenvalue weighted by atomic mass is 32.2. The van der Waals surface area contributed by atoms with E-state index in [2.05, 4.69) is 5.32 Å². The van der Waals surface area contributed by atoms with E-state index in [9.17, 15) is 13.2 Å². The molecule has 0 saturated carbocycles. The van der Waals surface area contributed by atoms with Gasteiger partial charge in [0.2, 0.25) is 15.9 Å². The third kappa shape index (κ3) is 4.62. The number of sulfonamides is 1. The van der Waals surface area contributed by atoms with Gasteiger partial charge in [-0.05, 0) is 43.2 Å². The van der Waals surface area contributed by atoms with Gasteiger partial charge in [0.25, 0.3) is 0 Å². The number of para-hydroxylation sites is 1. The molecule has 0 aliphatic carbocycles. The first-order valence-corrected chi connectivity index (χ1v) is 11.7. The Hall–Kier alpha value is -2.78. The predicted octanol–water partition coefficient (Wildman–Crippen LogP) is 2.18. The van der Waals surface area contributed by atoms with Crippen LogP contribution in [-0.4, -0.2) is 52.0 Å². The minimum Gasteiger partial charge on any atom is -0.497 e. The van der Waals surface area contributed by atoms with Gasteiger partial charge < -0.3 is 19.5 Å². The molecule has 0 aromatic heterocycles. The molecular weight excluding hydrogens is 420 g/mol. The number of fused-ring (bicyclic) bond motifs is 1. The van der Waals surface area contributed by atoms with Gasteiger partial charge in [-0.15, -0.1) is 0 Å². The molecule has 1 N–H and O–H groups in total. The third-order valence-corrected chi connectivity index (χ3v) is 7.43. The van der Waals surface area contributed by atoms with E-state index in [0.717, 1.165) is 5.56 Å². The summed E-state index contributed by atoms with van der Waals surface area (Å²) in [5.74, 6) is 1.35. The highest BCUT2D eigenvalue weighted by Crippen LogP contribution is 2.33. The van der Waals surface area contributed by atoms with Gasteiger partial charge >= 0.3 is 0 Å². The van der Waals surface area contributed by atoms with Crippen molar-refractivity contribution in [3.05, 3.63) is 48.0 Å². The number of hydrogen-bond donors (Lipinski definition) is 1. The van der Waals surface area contributed by atoms with Crippen molar-refractivity contribution in [1.29, 1.82) is 0 Å². The van der Waals surface area contributed by atoms with Crippen LogP contribution in [0.4, 0.5) is 0 Å². The Bertz CT molecular complexity index is 1040. The van der Waals surface area contributed by atoms with Crippen LogP contribution in [0.2, 0.25) is 0 Å². The largest absolute Gasteiger partial charge is 0.497 e. The van der Waals surface area contributed by atoms with Crippen LogP contribution in [0.25, 0.3) is 0 Å². The number of nitrogens with one attached hydrogen (secondary N) is 1. The van der Waals surface area contributed by atoms with Crippen LogP contribution in [0.15, 0.2) is 47.4 Å². The van der Waals surface area contributed by atoms with Crippen molar-refractivity contribution < 1.29 is 27.4 Å². The van der Waals surface area contributed by atoms with Crippen molar-refractivity contribution in [2.24, 2.45) is 5.92 Å². The Morgan fingerprint density at radius 2 is 1.94 bits per heavy atom. The molecule has 1 atom stereocenters. The van der Waals surface area contributed by atoms with Gasteiger partial charge in [0.1, 0.15) is 19.0 Å². The van der Waals surface area contributed by atoms with Crippen LogP contribution in [0, 0.1) is 5.92 Å². The van der Waals surface area contributed by atoms with Crippen LogP contribution in [0.3, 0.4) is 0 Å². The van der Waals surface area contributed by atoms with E-state index in [1.54, 1.807) is 12.1 Å². The van der Waals surface area contributed by atoms with Gasteiger partial charge in [0, 0.05) is 25.2 Å². The summed E-state index contributed by atoms with van der Waals surface area (Å²) in [6.07, 6.45) is 1.28. The molecule has 2 heterocycles. The van der Waals surface area contributed by atoms with E-state index in [-0.39, 0.29) is 17.3 Å². The predicted molar refractivity (Wildman–Crippen MR) is 114 cm³/mol. The maximum atomic E-state index is 13.0. The highest BCUT2D eigenvalue weighted by Gasteiger charge is 2.33. The zero-order chi connectivity index (χ0) is 21.8. The number of ether oxygens (including phenoxy) is 3. The smallest absolute Gasteiger partial charge is 0.243 e. The fourth-order valence-electron chi connectivity index (χ4n) is 3.87. The monoisotopic (exact) mass is 446 g/mol. The zero-order valence-corrected chi connectivity index (χ0v) is 18.2. The lowest BCUT2D eigenvalue weighted by atomic mass is 9.98. The Morgan fingerprint density at radius 3 is 2.71 bits per heavy atom. The van der Waals surface area contributed by atoms with Gasteiger partial charge in [-0.2, -0.15) is 4.31 Å². The molecule has 8 nitrogen and oxygen atoms in total. The summed E-state index contributed by atoms with van der Waals surface area (Å²) in [4.78, 5) is 13.0. The molecule has 31 heavy (non-hydrogen) atoms. The first-order valence-electron chi connectivity index (χ1n) is 10.3. The van der Waals surface area contributed by atoms with E-state index in [0.29, 0.717) is 56.4 Å². The summed E-state index contributed by atoms with van der Waals surface area (Å²) >= 11 is 0. The number of hydrogen-bond acceptors (Lipinski definition) is 6. The summed E-state index contributed by atoms with van der Waals surface area (Å²) < 4.78 is 43.8. The fourth-order valence-corrected chi connectivity index (χ4v) is 5.40. The maximum Gasteiger partial charge on any atom is 0.243 e. The standard InChI is InChI=1S/C22H26N2O6S/c1-28-18-7-9-19(10-8-18)31(26,27)24-11-3-5-17(15-24)22(25)23-14-16-4-2-6-20-21(16)30-13-12-29-20/h2,4,6-10,17H,3,5,11-15H2,1H3,(H,23,25). The SMILES string of the molecule is COc1ccc(S(=O)(=O)N2CCCC(C(=O)NCc3cccc4c3OCCO4)C2)cc1. The summed E-state index contributed by atoms with van der Waals surface area (Å²) in [5, 5.41) is 2.93. The summed E-state index contributed by atoms with van der Waals surface area (Å²) in [5.41, 5.74) is 0.837. The number of rotatable bonds is 6. The molecule has 2 aromatic carbocycles. The Labute approximate surface area is 182 Å². The number of amides is 1.